The maximum Gasteiger partial charge on any atom is 0.108 e. The summed E-state index contributed by atoms with van der Waals surface area (Å²) in [5.74, 6) is 1.27. The van der Waals surface area contributed by atoms with Crippen molar-refractivity contribution in [1.29, 1.82) is 0 Å². The maximum atomic E-state index is 5.73. The first kappa shape index (κ1) is 9.71. The van der Waals surface area contributed by atoms with Crippen LogP contribution in [0.25, 0.3) is 0 Å². The minimum Gasteiger partial charge on any atom is -0.335 e. The van der Waals surface area contributed by atoms with E-state index in [1.807, 2.05) is 0 Å². The van der Waals surface area contributed by atoms with Gasteiger partial charge in [-0.1, -0.05) is 0 Å². The Bertz CT molecular complexity index is 278. The third-order valence-corrected chi connectivity index (χ3v) is 2.81. The lowest BCUT2D eigenvalue weighted by Crippen LogP contribution is -2.15. The predicted molar refractivity (Wildman–Crippen MR) is 57.1 cm³/mol. The Morgan fingerprint density at radius 3 is 3.14 bits per heavy atom. The third kappa shape index (κ3) is 2.15. The van der Waals surface area contributed by atoms with Gasteiger partial charge in [-0.05, 0) is 32.6 Å². The minimum atomic E-state index is 0.286. The molecule has 0 saturated carbocycles. The molecule has 0 bridgehead atoms. The van der Waals surface area contributed by atoms with Gasteiger partial charge in [0.1, 0.15) is 5.82 Å². The molecule has 1 aliphatic heterocycles. The van der Waals surface area contributed by atoms with E-state index in [9.17, 15) is 0 Å². The second kappa shape index (κ2) is 4.13. The quantitative estimate of drug-likeness (QED) is 0.790. The van der Waals surface area contributed by atoms with Crippen LogP contribution in [0.2, 0.25) is 0 Å². The molecule has 0 fully saturated rings. The fourth-order valence-electron chi connectivity index (χ4n) is 1.97. The molecule has 1 atom stereocenters. The van der Waals surface area contributed by atoms with Gasteiger partial charge in [0.05, 0.1) is 5.69 Å². The SMILES string of the molecule is C[C@H](N)CCc1cn2c(n1)CCCC2. The zero-order chi connectivity index (χ0) is 9.97. The van der Waals surface area contributed by atoms with Crippen molar-refractivity contribution in [1.82, 2.24) is 9.55 Å². The van der Waals surface area contributed by atoms with Crippen molar-refractivity contribution in [3.63, 3.8) is 0 Å². The largest absolute Gasteiger partial charge is 0.335 e. The molecule has 2 heterocycles. The Balaban J connectivity index is 2.01. The lowest BCUT2D eigenvalue weighted by molar-refractivity contribution is 0.522. The molecule has 1 aliphatic rings. The average Bonchev–Trinajstić information content (AvgIpc) is 2.57. The maximum absolute atomic E-state index is 5.73. The molecule has 0 radical (unpaired) electrons. The van der Waals surface area contributed by atoms with Crippen LogP contribution in [0.15, 0.2) is 6.20 Å². The third-order valence-electron chi connectivity index (χ3n) is 2.81. The Kier molecular flexibility index (Phi) is 2.87. The molecule has 0 saturated heterocycles. The van der Waals surface area contributed by atoms with Crippen LogP contribution in [0, 0.1) is 0 Å². The van der Waals surface area contributed by atoms with Gasteiger partial charge in [-0.2, -0.15) is 0 Å². The number of rotatable bonds is 3. The van der Waals surface area contributed by atoms with E-state index >= 15 is 0 Å². The molecule has 0 unspecified atom stereocenters. The smallest absolute Gasteiger partial charge is 0.108 e. The van der Waals surface area contributed by atoms with Crippen molar-refractivity contribution in [2.45, 2.75) is 51.6 Å². The standard InChI is InChI=1S/C11H19N3/c1-9(12)5-6-10-8-14-7-3-2-4-11(14)13-10/h8-9H,2-7,12H2,1H3/t9-/m0/s1. The molecule has 0 aromatic carbocycles. The van der Waals surface area contributed by atoms with Gasteiger partial charge >= 0.3 is 0 Å². The van der Waals surface area contributed by atoms with E-state index in [0.717, 1.165) is 25.8 Å². The normalized spacial score (nSPS) is 17.9. The number of fused-ring (bicyclic) bond motifs is 1. The highest BCUT2D eigenvalue weighted by Gasteiger charge is 2.11. The summed E-state index contributed by atoms with van der Waals surface area (Å²) < 4.78 is 2.31. The Morgan fingerprint density at radius 1 is 1.57 bits per heavy atom. The van der Waals surface area contributed by atoms with Gasteiger partial charge in [0.15, 0.2) is 0 Å². The van der Waals surface area contributed by atoms with Crippen LogP contribution < -0.4 is 5.73 Å². The van der Waals surface area contributed by atoms with Crippen LogP contribution in [0.5, 0.6) is 0 Å². The van der Waals surface area contributed by atoms with E-state index in [0.29, 0.717) is 0 Å². The molecule has 0 aliphatic carbocycles. The molecule has 3 nitrogen and oxygen atoms in total. The molecule has 0 amide bonds. The van der Waals surface area contributed by atoms with E-state index < -0.39 is 0 Å². The monoisotopic (exact) mass is 193 g/mol. The fourth-order valence-corrected chi connectivity index (χ4v) is 1.97. The van der Waals surface area contributed by atoms with E-state index in [1.54, 1.807) is 0 Å². The zero-order valence-electron chi connectivity index (χ0n) is 8.87. The van der Waals surface area contributed by atoms with Gasteiger partial charge in [0.2, 0.25) is 0 Å². The molecule has 3 heteroatoms. The summed E-state index contributed by atoms with van der Waals surface area (Å²) in [5.41, 5.74) is 6.95. The van der Waals surface area contributed by atoms with E-state index in [4.69, 9.17) is 5.73 Å². The van der Waals surface area contributed by atoms with Gasteiger partial charge in [0.25, 0.3) is 0 Å². The highest BCUT2D eigenvalue weighted by atomic mass is 15.1. The highest BCUT2D eigenvalue weighted by molar-refractivity contribution is 5.06. The van der Waals surface area contributed by atoms with Crippen LogP contribution in [0.4, 0.5) is 0 Å². The lowest BCUT2D eigenvalue weighted by atomic mass is 10.1. The van der Waals surface area contributed by atoms with Crippen molar-refractivity contribution in [3.8, 4) is 0 Å². The second-order valence-corrected chi connectivity index (χ2v) is 4.31. The van der Waals surface area contributed by atoms with Crippen molar-refractivity contribution < 1.29 is 0 Å². The number of hydrogen-bond acceptors (Lipinski definition) is 2. The second-order valence-electron chi connectivity index (χ2n) is 4.31. The number of hydrogen-bond donors (Lipinski definition) is 1. The van der Waals surface area contributed by atoms with E-state index in [-0.39, 0.29) is 6.04 Å². The van der Waals surface area contributed by atoms with Gasteiger partial charge in [-0.15, -0.1) is 0 Å². The van der Waals surface area contributed by atoms with Crippen LogP contribution >= 0.6 is 0 Å². The number of imidazole rings is 1. The average molecular weight is 193 g/mol. The number of nitrogens with two attached hydrogens (primary N) is 1. The van der Waals surface area contributed by atoms with Crippen molar-refractivity contribution in [2.24, 2.45) is 5.73 Å². The Morgan fingerprint density at radius 2 is 2.43 bits per heavy atom. The van der Waals surface area contributed by atoms with Crippen LogP contribution in [0.1, 0.15) is 37.7 Å². The van der Waals surface area contributed by atoms with E-state index in [1.165, 1.54) is 24.4 Å². The predicted octanol–water partition coefficient (Wildman–Crippen LogP) is 1.50. The molecule has 14 heavy (non-hydrogen) atoms. The molecular formula is C11H19N3. The first-order valence-corrected chi connectivity index (χ1v) is 5.56. The molecule has 2 N–H and O–H groups in total. The summed E-state index contributed by atoms with van der Waals surface area (Å²) in [6, 6.07) is 0.286. The molecular weight excluding hydrogens is 174 g/mol. The van der Waals surface area contributed by atoms with Crippen molar-refractivity contribution in [3.05, 3.63) is 17.7 Å². The van der Waals surface area contributed by atoms with Gasteiger partial charge in [-0.3, -0.25) is 0 Å². The first-order chi connectivity index (χ1) is 6.75. The fraction of sp³-hybridized carbons (Fsp3) is 0.727. The molecule has 2 rings (SSSR count). The zero-order valence-corrected chi connectivity index (χ0v) is 8.87. The van der Waals surface area contributed by atoms with Crippen molar-refractivity contribution in [2.75, 3.05) is 0 Å². The van der Waals surface area contributed by atoms with Crippen LogP contribution in [-0.4, -0.2) is 15.6 Å². The summed E-state index contributed by atoms with van der Waals surface area (Å²) in [6.07, 6.45) is 8.02. The van der Waals surface area contributed by atoms with E-state index in [2.05, 4.69) is 22.7 Å². The van der Waals surface area contributed by atoms with Crippen molar-refractivity contribution >= 4 is 0 Å². The summed E-state index contributed by atoms with van der Waals surface area (Å²) in [7, 11) is 0. The van der Waals surface area contributed by atoms with Crippen LogP contribution in [-0.2, 0) is 19.4 Å². The molecule has 1 aromatic heterocycles. The van der Waals surface area contributed by atoms with Crippen LogP contribution in [0.3, 0.4) is 0 Å². The summed E-state index contributed by atoms with van der Waals surface area (Å²) in [5, 5.41) is 0. The minimum absolute atomic E-state index is 0.286. The Hall–Kier alpha value is -0.830. The number of nitrogens with zero attached hydrogens (tertiary/aromatic N) is 2. The highest BCUT2D eigenvalue weighted by Crippen LogP contribution is 2.15. The van der Waals surface area contributed by atoms with Gasteiger partial charge < -0.3 is 10.3 Å². The molecule has 0 spiro atoms. The Labute approximate surface area is 85.3 Å². The molecule has 1 aromatic rings. The lowest BCUT2D eigenvalue weighted by Gasteiger charge is -2.11. The summed E-state index contributed by atoms with van der Waals surface area (Å²) >= 11 is 0. The summed E-state index contributed by atoms with van der Waals surface area (Å²) in [6.45, 7) is 3.20. The topological polar surface area (TPSA) is 43.8 Å². The molecule has 78 valence electrons. The summed E-state index contributed by atoms with van der Waals surface area (Å²) in [4.78, 5) is 4.63. The van der Waals surface area contributed by atoms with Gasteiger partial charge in [0, 0.05) is 25.2 Å². The first-order valence-electron chi connectivity index (χ1n) is 5.56. The number of aryl methyl sites for hydroxylation is 3. The number of aromatic nitrogens is 2. The van der Waals surface area contributed by atoms with Gasteiger partial charge in [-0.25, -0.2) is 4.98 Å².